The molecule has 5 heteroatoms. The van der Waals surface area contributed by atoms with E-state index in [1.54, 1.807) is 0 Å². The normalized spacial score (nSPS) is 12.0. The number of nitrogens with one attached hydrogen (secondary N) is 1. The minimum absolute atomic E-state index is 0.0299. The van der Waals surface area contributed by atoms with E-state index in [1.807, 2.05) is 20.8 Å². The first-order valence-electron chi connectivity index (χ1n) is 5.71. The minimum atomic E-state index is -0.593. The van der Waals surface area contributed by atoms with Gasteiger partial charge in [-0.1, -0.05) is 26.8 Å². The van der Waals surface area contributed by atoms with E-state index in [-0.39, 0.29) is 22.9 Å². The smallest absolute Gasteiger partial charge is 0.304 e. The van der Waals surface area contributed by atoms with Gasteiger partial charge in [0.05, 0.1) is 10.9 Å². The van der Waals surface area contributed by atoms with Gasteiger partial charge in [0.2, 0.25) is 0 Å². The Morgan fingerprint density at radius 2 is 1.94 bits per heavy atom. The lowest BCUT2D eigenvalue weighted by atomic mass is 9.97. The van der Waals surface area contributed by atoms with E-state index in [0.717, 1.165) is 4.57 Å². The van der Waals surface area contributed by atoms with Crippen molar-refractivity contribution in [2.75, 3.05) is 0 Å². The second-order valence-corrected chi connectivity index (χ2v) is 5.54. The summed E-state index contributed by atoms with van der Waals surface area (Å²) in [4.78, 5) is 26.4. The van der Waals surface area contributed by atoms with Crippen molar-refractivity contribution < 1.29 is 4.39 Å². The van der Waals surface area contributed by atoms with Crippen molar-refractivity contribution in [1.82, 2.24) is 9.55 Å². The van der Waals surface area contributed by atoms with Gasteiger partial charge < -0.3 is 4.98 Å². The number of aromatic amines is 1. The summed E-state index contributed by atoms with van der Waals surface area (Å²) in [6.07, 6.45) is 0. The Morgan fingerprint density at radius 3 is 2.56 bits per heavy atom. The van der Waals surface area contributed by atoms with E-state index in [0.29, 0.717) is 0 Å². The summed E-state index contributed by atoms with van der Waals surface area (Å²) < 4.78 is 14.6. The first-order chi connectivity index (χ1) is 8.29. The largest absolute Gasteiger partial charge is 0.328 e. The topological polar surface area (TPSA) is 54.9 Å². The van der Waals surface area contributed by atoms with Crippen LogP contribution in [0.1, 0.15) is 20.8 Å². The number of rotatable bonds is 1. The van der Waals surface area contributed by atoms with Gasteiger partial charge in [-0.3, -0.25) is 9.36 Å². The standard InChI is InChI=1S/C13H15FN2O2/c1-13(2,3)7-16-11(17)8-5-4-6-9(14)10(8)15-12(16)18/h4-6H,7H2,1-3H3,(H,15,18). The molecule has 1 heterocycles. The van der Waals surface area contributed by atoms with Crippen molar-refractivity contribution in [3.63, 3.8) is 0 Å². The third-order valence-electron chi connectivity index (χ3n) is 2.60. The SMILES string of the molecule is CC(C)(C)Cn1c(=O)[nH]c2c(F)cccc2c1=O. The molecule has 1 aromatic carbocycles. The summed E-state index contributed by atoms with van der Waals surface area (Å²) in [5.74, 6) is -0.593. The average molecular weight is 250 g/mol. The fraction of sp³-hybridized carbons (Fsp3) is 0.385. The van der Waals surface area contributed by atoms with Gasteiger partial charge in [0.15, 0.2) is 0 Å². The molecule has 1 aromatic heterocycles. The number of fused-ring (bicyclic) bond motifs is 1. The number of benzene rings is 1. The van der Waals surface area contributed by atoms with Gasteiger partial charge in [0, 0.05) is 6.54 Å². The molecule has 0 bridgehead atoms. The van der Waals surface area contributed by atoms with Gasteiger partial charge in [0.1, 0.15) is 5.82 Å². The van der Waals surface area contributed by atoms with E-state index < -0.39 is 17.1 Å². The highest BCUT2D eigenvalue weighted by Gasteiger charge is 2.16. The van der Waals surface area contributed by atoms with Gasteiger partial charge in [0.25, 0.3) is 5.56 Å². The number of aromatic nitrogens is 2. The second kappa shape index (κ2) is 4.08. The Labute approximate surface area is 103 Å². The van der Waals surface area contributed by atoms with Crippen LogP contribution in [0.3, 0.4) is 0 Å². The molecule has 0 fully saturated rings. The third kappa shape index (κ3) is 2.20. The molecule has 2 rings (SSSR count). The number of halogens is 1. The van der Waals surface area contributed by atoms with Gasteiger partial charge in [-0.25, -0.2) is 9.18 Å². The van der Waals surface area contributed by atoms with Crippen molar-refractivity contribution in [3.8, 4) is 0 Å². The Balaban J connectivity index is 2.79. The number of hydrogen-bond acceptors (Lipinski definition) is 2. The molecule has 0 spiro atoms. The Kier molecular flexibility index (Phi) is 2.84. The molecule has 0 aliphatic heterocycles. The average Bonchev–Trinajstić information content (AvgIpc) is 2.25. The number of hydrogen-bond donors (Lipinski definition) is 1. The molecule has 4 nitrogen and oxygen atoms in total. The van der Waals surface area contributed by atoms with Crippen LogP contribution in [0.4, 0.5) is 4.39 Å². The predicted molar refractivity (Wildman–Crippen MR) is 68.2 cm³/mol. The fourth-order valence-electron chi connectivity index (χ4n) is 1.86. The van der Waals surface area contributed by atoms with Crippen LogP contribution in [-0.4, -0.2) is 9.55 Å². The van der Waals surface area contributed by atoms with Crippen LogP contribution < -0.4 is 11.2 Å². The van der Waals surface area contributed by atoms with Crippen molar-refractivity contribution in [1.29, 1.82) is 0 Å². The van der Waals surface area contributed by atoms with E-state index in [2.05, 4.69) is 4.98 Å². The van der Waals surface area contributed by atoms with Gasteiger partial charge in [-0.2, -0.15) is 0 Å². The van der Waals surface area contributed by atoms with Crippen LogP contribution in [0, 0.1) is 11.2 Å². The van der Waals surface area contributed by atoms with Crippen molar-refractivity contribution in [2.24, 2.45) is 5.41 Å². The molecular formula is C13H15FN2O2. The monoisotopic (exact) mass is 250 g/mol. The molecule has 0 amide bonds. The van der Waals surface area contributed by atoms with Gasteiger partial charge >= 0.3 is 5.69 Å². The van der Waals surface area contributed by atoms with E-state index in [9.17, 15) is 14.0 Å². The molecule has 96 valence electrons. The highest BCUT2D eigenvalue weighted by molar-refractivity contribution is 5.77. The lowest BCUT2D eigenvalue weighted by molar-refractivity contribution is 0.332. The summed E-state index contributed by atoms with van der Waals surface area (Å²) in [6.45, 7) is 6.06. The molecule has 2 aromatic rings. The molecule has 0 saturated carbocycles. The number of nitrogens with zero attached hydrogens (tertiary/aromatic N) is 1. The molecule has 0 aliphatic rings. The first kappa shape index (κ1) is 12.5. The maximum Gasteiger partial charge on any atom is 0.328 e. The summed E-state index contributed by atoms with van der Waals surface area (Å²) in [6, 6.07) is 4.18. The Morgan fingerprint density at radius 1 is 1.28 bits per heavy atom. The van der Waals surface area contributed by atoms with Gasteiger partial charge in [-0.15, -0.1) is 0 Å². The molecule has 0 aliphatic carbocycles. The molecule has 1 N–H and O–H groups in total. The van der Waals surface area contributed by atoms with Crippen LogP contribution in [0.15, 0.2) is 27.8 Å². The zero-order valence-corrected chi connectivity index (χ0v) is 10.6. The highest BCUT2D eigenvalue weighted by Crippen LogP contribution is 2.15. The molecule has 0 saturated heterocycles. The summed E-state index contributed by atoms with van der Waals surface area (Å²) in [5, 5.41) is 0.193. The molecule has 0 radical (unpaired) electrons. The summed E-state index contributed by atoms with van der Waals surface area (Å²) in [5.41, 5.74) is -1.27. The van der Waals surface area contributed by atoms with Crippen LogP contribution in [0.5, 0.6) is 0 Å². The maximum absolute atomic E-state index is 13.5. The zero-order chi connectivity index (χ0) is 13.5. The van der Waals surface area contributed by atoms with Crippen molar-refractivity contribution in [3.05, 3.63) is 44.9 Å². The van der Waals surface area contributed by atoms with Gasteiger partial charge in [-0.05, 0) is 17.5 Å². The van der Waals surface area contributed by atoms with Crippen LogP contribution in [-0.2, 0) is 6.54 Å². The Bertz CT molecular complexity index is 707. The molecular weight excluding hydrogens is 235 g/mol. The first-order valence-corrected chi connectivity index (χ1v) is 5.71. The van der Waals surface area contributed by atoms with E-state index >= 15 is 0 Å². The van der Waals surface area contributed by atoms with Crippen molar-refractivity contribution in [2.45, 2.75) is 27.3 Å². The van der Waals surface area contributed by atoms with Crippen LogP contribution in [0.2, 0.25) is 0 Å². The van der Waals surface area contributed by atoms with E-state index in [1.165, 1.54) is 18.2 Å². The Hall–Kier alpha value is -1.91. The predicted octanol–water partition coefficient (Wildman–Crippen LogP) is 1.87. The lowest BCUT2D eigenvalue weighted by Crippen LogP contribution is -2.38. The number of H-pyrrole nitrogens is 1. The highest BCUT2D eigenvalue weighted by atomic mass is 19.1. The lowest BCUT2D eigenvalue weighted by Gasteiger charge is -2.19. The summed E-state index contributed by atoms with van der Waals surface area (Å²) in [7, 11) is 0. The van der Waals surface area contributed by atoms with Crippen LogP contribution >= 0.6 is 0 Å². The molecule has 0 atom stereocenters. The summed E-state index contributed by atoms with van der Waals surface area (Å²) >= 11 is 0. The van der Waals surface area contributed by atoms with Crippen molar-refractivity contribution >= 4 is 10.9 Å². The van der Waals surface area contributed by atoms with E-state index in [4.69, 9.17) is 0 Å². The quantitative estimate of drug-likeness (QED) is 0.840. The second-order valence-electron chi connectivity index (χ2n) is 5.54. The zero-order valence-electron chi connectivity index (χ0n) is 10.6. The molecule has 0 unspecified atom stereocenters. The minimum Gasteiger partial charge on any atom is -0.304 e. The van der Waals surface area contributed by atoms with Crippen LogP contribution in [0.25, 0.3) is 10.9 Å². The third-order valence-corrected chi connectivity index (χ3v) is 2.60. The maximum atomic E-state index is 13.5. The number of para-hydroxylation sites is 1. The fourth-order valence-corrected chi connectivity index (χ4v) is 1.86. The molecule has 18 heavy (non-hydrogen) atoms.